The fourth-order valence-electron chi connectivity index (χ4n) is 3.32. The van der Waals surface area contributed by atoms with Crippen molar-refractivity contribution in [2.75, 3.05) is 39.6 Å². The second-order valence-corrected chi connectivity index (χ2v) is 8.41. The van der Waals surface area contributed by atoms with Crippen molar-refractivity contribution in [1.82, 2.24) is 0 Å². The third kappa shape index (κ3) is 19.0. The Hall–Kier alpha value is -1.96. The molecule has 0 atom stereocenters. The fraction of sp³-hybridized carbons (Fsp3) is 0.714. The van der Waals surface area contributed by atoms with Gasteiger partial charge in [-0.25, -0.2) is 9.59 Å². The summed E-state index contributed by atoms with van der Waals surface area (Å²) in [4.78, 5) is 24.7. The SMILES string of the molecule is CCCCCCCCOC(=O)c1ccccc1C(=O)OCCCCCCCC.OCCOCCO. The summed E-state index contributed by atoms with van der Waals surface area (Å²) in [6.07, 6.45) is 13.6. The molecule has 7 heteroatoms. The van der Waals surface area contributed by atoms with Crippen LogP contribution in [0.2, 0.25) is 0 Å². The minimum absolute atomic E-state index is 0.0278. The predicted octanol–water partition coefficient (Wildman–Crippen LogP) is 5.71. The molecule has 0 aliphatic heterocycles. The lowest BCUT2D eigenvalue weighted by atomic mass is 10.1. The van der Waals surface area contributed by atoms with E-state index in [1.54, 1.807) is 24.3 Å². The Kier molecular flexibility index (Phi) is 23.7. The van der Waals surface area contributed by atoms with Gasteiger partial charge in [-0.3, -0.25) is 0 Å². The van der Waals surface area contributed by atoms with E-state index in [4.69, 9.17) is 19.7 Å². The van der Waals surface area contributed by atoms with Gasteiger partial charge in [0.1, 0.15) is 0 Å². The summed E-state index contributed by atoms with van der Waals surface area (Å²) in [7, 11) is 0. The molecule has 7 nitrogen and oxygen atoms in total. The average Bonchev–Trinajstić information content (AvgIpc) is 2.88. The number of aliphatic hydroxyl groups excluding tert-OH is 2. The zero-order chi connectivity index (χ0) is 26.0. The Morgan fingerprint density at radius 1 is 0.600 bits per heavy atom. The maximum atomic E-state index is 12.4. The maximum absolute atomic E-state index is 12.4. The zero-order valence-electron chi connectivity index (χ0n) is 22.0. The van der Waals surface area contributed by atoms with Crippen LogP contribution in [0.1, 0.15) is 112 Å². The maximum Gasteiger partial charge on any atom is 0.339 e. The van der Waals surface area contributed by atoms with E-state index in [1.165, 1.54) is 51.4 Å². The Bertz CT molecular complexity index is 580. The Labute approximate surface area is 212 Å². The molecule has 0 radical (unpaired) electrons. The van der Waals surface area contributed by atoms with Gasteiger partial charge >= 0.3 is 11.9 Å². The fourth-order valence-corrected chi connectivity index (χ4v) is 3.32. The van der Waals surface area contributed by atoms with Crippen molar-refractivity contribution >= 4 is 11.9 Å². The Morgan fingerprint density at radius 2 is 0.971 bits per heavy atom. The highest BCUT2D eigenvalue weighted by Crippen LogP contribution is 2.14. The molecule has 202 valence electrons. The lowest BCUT2D eigenvalue weighted by molar-refractivity contribution is 0.0450. The van der Waals surface area contributed by atoms with Crippen LogP contribution in [-0.4, -0.2) is 61.8 Å². The number of carbonyl (C=O) groups excluding carboxylic acids is 2. The minimum atomic E-state index is -0.444. The van der Waals surface area contributed by atoms with Crippen molar-refractivity contribution in [2.45, 2.75) is 90.9 Å². The van der Waals surface area contributed by atoms with E-state index < -0.39 is 11.9 Å². The van der Waals surface area contributed by atoms with Crippen LogP contribution in [0, 0.1) is 0 Å². The molecular formula is C28H48O7. The first-order valence-electron chi connectivity index (χ1n) is 13.3. The van der Waals surface area contributed by atoms with Crippen molar-refractivity contribution in [2.24, 2.45) is 0 Å². The highest BCUT2D eigenvalue weighted by molar-refractivity contribution is 6.03. The van der Waals surface area contributed by atoms with Gasteiger partial charge in [-0.2, -0.15) is 0 Å². The molecule has 35 heavy (non-hydrogen) atoms. The van der Waals surface area contributed by atoms with E-state index in [2.05, 4.69) is 18.6 Å². The van der Waals surface area contributed by atoms with Crippen LogP contribution >= 0.6 is 0 Å². The van der Waals surface area contributed by atoms with Crippen LogP contribution in [0.5, 0.6) is 0 Å². The second kappa shape index (κ2) is 25.1. The smallest absolute Gasteiger partial charge is 0.339 e. The van der Waals surface area contributed by atoms with E-state index >= 15 is 0 Å². The van der Waals surface area contributed by atoms with Gasteiger partial charge in [0.05, 0.1) is 50.8 Å². The Balaban J connectivity index is 0.00000143. The summed E-state index contributed by atoms with van der Waals surface area (Å²) in [5, 5.41) is 16.2. The van der Waals surface area contributed by atoms with Gasteiger partial charge in [0.2, 0.25) is 0 Å². The number of rotatable bonds is 20. The van der Waals surface area contributed by atoms with Crippen molar-refractivity contribution in [3.05, 3.63) is 35.4 Å². The molecule has 0 aromatic heterocycles. The molecule has 1 aromatic rings. The molecule has 0 unspecified atom stereocenters. The van der Waals surface area contributed by atoms with Crippen LogP contribution in [0.3, 0.4) is 0 Å². The highest BCUT2D eigenvalue weighted by atomic mass is 16.5. The number of hydrogen-bond acceptors (Lipinski definition) is 7. The lowest BCUT2D eigenvalue weighted by Gasteiger charge is -2.10. The topological polar surface area (TPSA) is 102 Å². The molecule has 2 N–H and O–H groups in total. The number of unbranched alkanes of at least 4 members (excludes halogenated alkanes) is 10. The molecule has 0 heterocycles. The van der Waals surface area contributed by atoms with Crippen LogP contribution in [0.4, 0.5) is 0 Å². The lowest BCUT2D eigenvalue weighted by Crippen LogP contribution is -2.15. The number of hydrogen-bond donors (Lipinski definition) is 2. The molecule has 0 amide bonds. The number of esters is 2. The van der Waals surface area contributed by atoms with E-state index in [-0.39, 0.29) is 13.2 Å². The molecule has 0 saturated heterocycles. The van der Waals surface area contributed by atoms with Gasteiger partial charge in [0.15, 0.2) is 0 Å². The first kappa shape index (κ1) is 33.0. The van der Waals surface area contributed by atoms with E-state index in [9.17, 15) is 9.59 Å². The second-order valence-electron chi connectivity index (χ2n) is 8.41. The highest BCUT2D eigenvalue weighted by Gasteiger charge is 2.18. The van der Waals surface area contributed by atoms with Crippen molar-refractivity contribution in [3.8, 4) is 0 Å². The summed E-state index contributed by atoms with van der Waals surface area (Å²) in [6.45, 7) is 5.87. The summed E-state index contributed by atoms with van der Waals surface area (Å²) >= 11 is 0. The monoisotopic (exact) mass is 496 g/mol. The Morgan fingerprint density at radius 3 is 1.34 bits per heavy atom. The van der Waals surface area contributed by atoms with Gasteiger partial charge < -0.3 is 24.4 Å². The van der Waals surface area contributed by atoms with E-state index in [0.717, 1.165) is 25.7 Å². The van der Waals surface area contributed by atoms with Gasteiger partial charge in [-0.1, -0.05) is 90.2 Å². The van der Waals surface area contributed by atoms with Crippen LogP contribution < -0.4 is 0 Å². The van der Waals surface area contributed by atoms with Crippen LogP contribution in [0.25, 0.3) is 0 Å². The standard InChI is InChI=1S/C24H38O4.C4H10O3/c1-3-5-7-9-11-15-19-27-23(25)21-17-13-14-18-22(21)24(26)28-20-16-12-10-8-6-4-2;5-1-3-7-4-2-6/h13-14,17-18H,3-12,15-16,19-20H2,1-2H3;5-6H,1-4H2. The molecule has 0 aliphatic rings. The molecular weight excluding hydrogens is 448 g/mol. The van der Waals surface area contributed by atoms with Crippen molar-refractivity contribution in [1.29, 1.82) is 0 Å². The number of benzene rings is 1. The molecule has 0 bridgehead atoms. The molecule has 0 saturated carbocycles. The molecule has 1 rings (SSSR count). The van der Waals surface area contributed by atoms with E-state index in [1.807, 2.05) is 0 Å². The van der Waals surface area contributed by atoms with E-state index in [0.29, 0.717) is 37.6 Å². The number of carbonyl (C=O) groups is 2. The number of ether oxygens (including phenoxy) is 3. The minimum Gasteiger partial charge on any atom is -0.462 e. The first-order valence-corrected chi connectivity index (χ1v) is 13.3. The van der Waals surface area contributed by atoms with Gasteiger partial charge in [-0.05, 0) is 25.0 Å². The average molecular weight is 497 g/mol. The van der Waals surface area contributed by atoms with Crippen LogP contribution in [-0.2, 0) is 14.2 Å². The molecule has 1 aromatic carbocycles. The first-order chi connectivity index (χ1) is 17.1. The summed E-state index contributed by atoms with van der Waals surface area (Å²) in [5.74, 6) is -0.888. The quantitative estimate of drug-likeness (QED) is 0.176. The number of aliphatic hydroxyl groups is 2. The molecule has 0 fully saturated rings. The third-order valence-electron chi connectivity index (χ3n) is 5.30. The molecule has 0 aliphatic carbocycles. The largest absolute Gasteiger partial charge is 0.462 e. The predicted molar refractivity (Wildman–Crippen MR) is 139 cm³/mol. The summed E-state index contributed by atoms with van der Waals surface area (Å²) in [6, 6.07) is 6.74. The zero-order valence-corrected chi connectivity index (χ0v) is 22.0. The summed E-state index contributed by atoms with van der Waals surface area (Å²) in [5.41, 5.74) is 0.586. The van der Waals surface area contributed by atoms with Crippen molar-refractivity contribution < 1.29 is 34.0 Å². The molecule has 0 spiro atoms. The van der Waals surface area contributed by atoms with Crippen molar-refractivity contribution in [3.63, 3.8) is 0 Å². The van der Waals surface area contributed by atoms with Gasteiger partial charge in [0, 0.05) is 0 Å². The normalized spacial score (nSPS) is 10.4. The summed E-state index contributed by atoms with van der Waals surface area (Å²) < 4.78 is 15.4. The van der Waals surface area contributed by atoms with Gasteiger partial charge in [-0.15, -0.1) is 0 Å². The van der Waals surface area contributed by atoms with Gasteiger partial charge in [0.25, 0.3) is 0 Å². The van der Waals surface area contributed by atoms with Crippen LogP contribution in [0.15, 0.2) is 24.3 Å². The third-order valence-corrected chi connectivity index (χ3v) is 5.30.